The zero-order chi connectivity index (χ0) is 20.3. The minimum absolute atomic E-state index is 0.160. The van der Waals surface area contributed by atoms with Gasteiger partial charge in [-0.3, -0.25) is 9.78 Å². The molecule has 150 valence electrons. The number of hydrogen-bond acceptors (Lipinski definition) is 4. The van der Waals surface area contributed by atoms with Crippen LogP contribution in [-0.4, -0.2) is 36.7 Å². The number of carbonyl (C=O) groups excluding carboxylic acids is 1. The summed E-state index contributed by atoms with van der Waals surface area (Å²) in [5.41, 5.74) is 2.16. The van der Waals surface area contributed by atoms with Gasteiger partial charge in [-0.2, -0.15) is 4.31 Å². The summed E-state index contributed by atoms with van der Waals surface area (Å²) < 4.78 is 27.0. The standard InChI is InChI=1S/C22H23N3O3S/c26-21(24-20-8-4-6-18-7-5-13-23-22(18)20)16-17-9-11-19(12-10-17)29(27,28)25-14-2-1-3-15-25/h4-13H,1-3,14-16H2,(H,24,26). The van der Waals surface area contributed by atoms with Gasteiger partial charge in [0.15, 0.2) is 0 Å². The number of benzene rings is 2. The van der Waals surface area contributed by atoms with Crippen LogP contribution >= 0.6 is 0 Å². The summed E-state index contributed by atoms with van der Waals surface area (Å²) in [6.07, 6.45) is 4.74. The summed E-state index contributed by atoms with van der Waals surface area (Å²) in [5.74, 6) is -0.171. The molecule has 2 heterocycles. The number of pyridine rings is 1. The number of nitrogens with zero attached hydrogens (tertiary/aromatic N) is 2. The van der Waals surface area contributed by atoms with E-state index in [9.17, 15) is 13.2 Å². The fourth-order valence-corrected chi connectivity index (χ4v) is 5.14. The Kier molecular flexibility index (Phi) is 5.60. The molecule has 0 radical (unpaired) electrons. The predicted molar refractivity (Wildman–Crippen MR) is 113 cm³/mol. The maximum atomic E-state index is 12.7. The summed E-state index contributed by atoms with van der Waals surface area (Å²) in [6.45, 7) is 1.15. The Labute approximate surface area is 170 Å². The number of aromatic nitrogens is 1. The van der Waals surface area contributed by atoms with E-state index in [1.54, 1.807) is 34.8 Å². The second kappa shape index (κ2) is 8.31. The summed E-state index contributed by atoms with van der Waals surface area (Å²) in [6, 6.07) is 16.0. The summed E-state index contributed by atoms with van der Waals surface area (Å²) in [7, 11) is -3.46. The van der Waals surface area contributed by atoms with Crippen molar-refractivity contribution in [3.05, 3.63) is 66.4 Å². The zero-order valence-corrected chi connectivity index (χ0v) is 16.9. The van der Waals surface area contributed by atoms with Crippen molar-refractivity contribution >= 4 is 32.5 Å². The molecule has 1 aromatic heterocycles. The number of sulfonamides is 1. The van der Waals surface area contributed by atoms with E-state index in [0.29, 0.717) is 18.8 Å². The van der Waals surface area contributed by atoms with Gasteiger partial charge in [-0.15, -0.1) is 0 Å². The lowest BCUT2D eigenvalue weighted by molar-refractivity contribution is -0.115. The van der Waals surface area contributed by atoms with Crippen LogP contribution in [0.5, 0.6) is 0 Å². The Bertz CT molecular complexity index is 1120. The van der Waals surface area contributed by atoms with E-state index in [-0.39, 0.29) is 17.2 Å². The Balaban J connectivity index is 1.45. The second-order valence-electron chi connectivity index (χ2n) is 7.21. The van der Waals surface area contributed by atoms with E-state index in [0.717, 1.165) is 35.7 Å². The van der Waals surface area contributed by atoms with Gasteiger partial charge >= 0.3 is 0 Å². The molecule has 0 unspecified atom stereocenters. The molecular formula is C22H23N3O3S. The largest absolute Gasteiger partial charge is 0.324 e. The van der Waals surface area contributed by atoms with E-state index in [2.05, 4.69) is 10.3 Å². The number of rotatable bonds is 5. The van der Waals surface area contributed by atoms with Crippen molar-refractivity contribution in [3.8, 4) is 0 Å². The molecule has 0 aliphatic carbocycles. The molecule has 1 amide bonds. The lowest BCUT2D eigenvalue weighted by Crippen LogP contribution is -2.35. The minimum atomic E-state index is -3.46. The second-order valence-corrected chi connectivity index (χ2v) is 9.15. The Morgan fingerprint density at radius 2 is 1.69 bits per heavy atom. The van der Waals surface area contributed by atoms with Crippen molar-refractivity contribution in [2.45, 2.75) is 30.6 Å². The molecule has 2 aromatic carbocycles. The van der Waals surface area contributed by atoms with Crippen molar-refractivity contribution in [2.24, 2.45) is 0 Å². The first-order valence-electron chi connectivity index (χ1n) is 9.77. The molecule has 1 aliphatic heterocycles. The molecule has 1 fully saturated rings. The highest BCUT2D eigenvalue weighted by Gasteiger charge is 2.25. The predicted octanol–water partition coefficient (Wildman–Crippen LogP) is 3.59. The third-order valence-electron chi connectivity index (χ3n) is 5.15. The quantitative estimate of drug-likeness (QED) is 0.698. The van der Waals surface area contributed by atoms with Crippen molar-refractivity contribution in [2.75, 3.05) is 18.4 Å². The molecule has 3 aromatic rings. The smallest absolute Gasteiger partial charge is 0.243 e. The number of piperidine rings is 1. The van der Waals surface area contributed by atoms with Crippen LogP contribution in [0.1, 0.15) is 24.8 Å². The molecular weight excluding hydrogens is 386 g/mol. The highest BCUT2D eigenvalue weighted by atomic mass is 32.2. The average molecular weight is 410 g/mol. The number of hydrogen-bond donors (Lipinski definition) is 1. The Morgan fingerprint density at radius 1 is 0.966 bits per heavy atom. The minimum Gasteiger partial charge on any atom is -0.324 e. The number of fused-ring (bicyclic) bond motifs is 1. The van der Waals surface area contributed by atoms with Gasteiger partial charge in [-0.05, 0) is 42.7 Å². The molecule has 6 nitrogen and oxygen atoms in total. The number of para-hydroxylation sites is 1. The molecule has 4 rings (SSSR count). The molecule has 0 spiro atoms. The van der Waals surface area contributed by atoms with Crippen molar-refractivity contribution < 1.29 is 13.2 Å². The van der Waals surface area contributed by atoms with E-state index >= 15 is 0 Å². The maximum Gasteiger partial charge on any atom is 0.243 e. The van der Waals surface area contributed by atoms with Crippen LogP contribution in [0.4, 0.5) is 5.69 Å². The Hall–Kier alpha value is -2.77. The van der Waals surface area contributed by atoms with Gasteiger partial charge in [-0.25, -0.2) is 8.42 Å². The van der Waals surface area contributed by atoms with Gasteiger partial charge in [-0.1, -0.05) is 36.8 Å². The van der Waals surface area contributed by atoms with Gasteiger partial charge in [0.25, 0.3) is 0 Å². The molecule has 0 saturated carbocycles. The van der Waals surface area contributed by atoms with Crippen LogP contribution in [0.15, 0.2) is 65.7 Å². The van der Waals surface area contributed by atoms with Crippen LogP contribution in [0, 0.1) is 0 Å². The summed E-state index contributed by atoms with van der Waals surface area (Å²) in [4.78, 5) is 17.1. The van der Waals surface area contributed by atoms with Crippen LogP contribution in [0.25, 0.3) is 10.9 Å². The lowest BCUT2D eigenvalue weighted by Gasteiger charge is -2.25. The van der Waals surface area contributed by atoms with Gasteiger partial charge in [0.05, 0.1) is 22.5 Å². The number of carbonyl (C=O) groups is 1. The fourth-order valence-electron chi connectivity index (χ4n) is 3.62. The third-order valence-corrected chi connectivity index (χ3v) is 7.06. The first-order chi connectivity index (χ1) is 14.0. The average Bonchev–Trinajstić information content (AvgIpc) is 2.75. The normalized spacial score (nSPS) is 15.3. The molecule has 0 bridgehead atoms. The summed E-state index contributed by atoms with van der Waals surface area (Å²) in [5, 5.41) is 3.86. The van der Waals surface area contributed by atoms with Crippen LogP contribution in [0.2, 0.25) is 0 Å². The summed E-state index contributed by atoms with van der Waals surface area (Å²) >= 11 is 0. The highest BCUT2D eigenvalue weighted by molar-refractivity contribution is 7.89. The van der Waals surface area contributed by atoms with Crippen molar-refractivity contribution in [3.63, 3.8) is 0 Å². The van der Waals surface area contributed by atoms with Gasteiger partial charge in [0.1, 0.15) is 0 Å². The van der Waals surface area contributed by atoms with Gasteiger partial charge in [0, 0.05) is 24.7 Å². The van der Waals surface area contributed by atoms with Crippen molar-refractivity contribution in [1.82, 2.24) is 9.29 Å². The van der Waals surface area contributed by atoms with E-state index in [1.807, 2.05) is 30.3 Å². The van der Waals surface area contributed by atoms with Crippen LogP contribution < -0.4 is 5.32 Å². The Morgan fingerprint density at radius 3 is 2.45 bits per heavy atom. The molecule has 1 N–H and O–H groups in total. The molecule has 7 heteroatoms. The van der Waals surface area contributed by atoms with E-state index < -0.39 is 10.0 Å². The van der Waals surface area contributed by atoms with E-state index in [4.69, 9.17) is 0 Å². The number of amides is 1. The highest BCUT2D eigenvalue weighted by Crippen LogP contribution is 2.22. The van der Waals surface area contributed by atoms with Crippen LogP contribution in [0.3, 0.4) is 0 Å². The topological polar surface area (TPSA) is 79.4 Å². The van der Waals surface area contributed by atoms with Crippen molar-refractivity contribution in [1.29, 1.82) is 0 Å². The SMILES string of the molecule is O=C(Cc1ccc(S(=O)(=O)N2CCCCC2)cc1)Nc1cccc2cccnc12. The molecule has 1 saturated heterocycles. The van der Waals surface area contributed by atoms with Crippen LogP contribution in [-0.2, 0) is 21.2 Å². The molecule has 29 heavy (non-hydrogen) atoms. The first kappa shape index (κ1) is 19.5. The fraction of sp³-hybridized carbons (Fsp3) is 0.273. The molecule has 0 atom stereocenters. The third kappa shape index (κ3) is 4.31. The van der Waals surface area contributed by atoms with Gasteiger partial charge < -0.3 is 5.32 Å². The molecule has 1 aliphatic rings. The number of anilines is 1. The van der Waals surface area contributed by atoms with Gasteiger partial charge in [0.2, 0.25) is 15.9 Å². The lowest BCUT2D eigenvalue weighted by atomic mass is 10.1. The maximum absolute atomic E-state index is 12.7. The monoisotopic (exact) mass is 409 g/mol. The zero-order valence-electron chi connectivity index (χ0n) is 16.0. The first-order valence-corrected chi connectivity index (χ1v) is 11.2. The van der Waals surface area contributed by atoms with E-state index in [1.165, 1.54) is 0 Å². The number of nitrogens with one attached hydrogen (secondary N) is 1.